The van der Waals surface area contributed by atoms with Crippen LogP contribution in [-0.2, 0) is 33.0 Å². The molecular weight excluding hydrogens is 598 g/mol. The third-order valence-corrected chi connectivity index (χ3v) is 9.81. The Morgan fingerprint density at radius 2 is 1.81 bits per heavy atom. The van der Waals surface area contributed by atoms with Crippen molar-refractivity contribution in [1.82, 2.24) is 15.0 Å². The Morgan fingerprint density at radius 1 is 1.04 bits per heavy atom. The van der Waals surface area contributed by atoms with Gasteiger partial charge in [-0.25, -0.2) is 4.79 Å². The van der Waals surface area contributed by atoms with Gasteiger partial charge in [0.25, 0.3) is 5.91 Å². The van der Waals surface area contributed by atoms with Crippen LogP contribution in [0, 0.1) is 11.8 Å². The van der Waals surface area contributed by atoms with Gasteiger partial charge in [-0.1, -0.05) is 72.8 Å². The van der Waals surface area contributed by atoms with E-state index < -0.39 is 23.4 Å². The monoisotopic (exact) mass is 637 g/mol. The molecule has 0 saturated carbocycles. The number of para-hydroxylation sites is 1. The van der Waals surface area contributed by atoms with Gasteiger partial charge < -0.3 is 24.6 Å². The topological polar surface area (TPSA) is 130 Å². The van der Waals surface area contributed by atoms with Crippen molar-refractivity contribution in [1.29, 1.82) is 0 Å². The summed E-state index contributed by atoms with van der Waals surface area (Å²) in [6.45, 7) is 7.05. The molecule has 2 amide bonds. The predicted octanol–water partition coefficient (Wildman–Crippen LogP) is 4.57. The number of hydrogen-bond donors (Lipinski definition) is 2. The van der Waals surface area contributed by atoms with E-state index in [2.05, 4.69) is 10.3 Å². The highest BCUT2D eigenvalue weighted by Crippen LogP contribution is 2.58. The summed E-state index contributed by atoms with van der Waals surface area (Å²) in [5.74, 6) is -0.909. The first-order valence-electron chi connectivity index (χ1n) is 16.1. The minimum atomic E-state index is -1.29. The van der Waals surface area contributed by atoms with Crippen molar-refractivity contribution in [2.75, 3.05) is 23.0 Å². The summed E-state index contributed by atoms with van der Waals surface area (Å²) in [5.41, 5.74) is 1.86. The van der Waals surface area contributed by atoms with E-state index in [1.807, 2.05) is 85.8 Å². The molecule has 7 rings (SSSR count). The zero-order valence-electron chi connectivity index (χ0n) is 26.7. The zero-order chi connectivity index (χ0) is 32.9. The number of anilines is 2. The molecule has 4 aromatic rings. The van der Waals surface area contributed by atoms with Crippen LogP contribution >= 0.6 is 0 Å². The number of fused-ring (bicyclic) bond motifs is 2. The Kier molecular flexibility index (Phi) is 7.86. The fourth-order valence-electron chi connectivity index (χ4n) is 7.71. The molecule has 2 fully saturated rings. The Morgan fingerprint density at radius 3 is 2.55 bits per heavy atom. The highest BCUT2D eigenvalue weighted by molar-refractivity contribution is 6.07. The lowest BCUT2D eigenvalue weighted by atomic mass is 9.71. The van der Waals surface area contributed by atoms with Crippen LogP contribution in [0.4, 0.5) is 16.2 Å². The summed E-state index contributed by atoms with van der Waals surface area (Å²) in [6.07, 6.45) is 0.435. The van der Waals surface area contributed by atoms with Crippen molar-refractivity contribution in [3.63, 3.8) is 0 Å². The van der Waals surface area contributed by atoms with Gasteiger partial charge in [-0.05, 0) is 49.6 Å². The minimum Gasteiger partial charge on any atom is -0.447 e. The summed E-state index contributed by atoms with van der Waals surface area (Å²) in [7, 11) is 0. The summed E-state index contributed by atoms with van der Waals surface area (Å²) in [5, 5.41) is 30.7. The first-order valence-corrected chi connectivity index (χ1v) is 16.1. The van der Waals surface area contributed by atoms with Crippen molar-refractivity contribution in [3.05, 3.63) is 107 Å². The predicted molar refractivity (Wildman–Crippen MR) is 173 cm³/mol. The maximum Gasteiger partial charge on any atom is 0.414 e. The molecule has 2 N–H and O–H groups in total. The number of aryl methyl sites for hydroxylation is 1. The standard InChI is InChI=1S/C36H39N5O6/c1-23-31(35(2,3)45)30(16-17-39-22-28(37-38-39)32(42)25-11-5-4-6-12-25)47-36(23)27-14-7-8-15-29(27)41(33(36)43)21-24-10-9-13-26(20-24)40-18-19-46-34(40)44/h4-15,20,22-23,30-32,42,45H,16-19,21H2,1-3H3/t23-,30+,31-,32-,36+/m1/s1. The van der Waals surface area contributed by atoms with Gasteiger partial charge in [-0.3, -0.25) is 14.4 Å². The molecule has 0 bridgehead atoms. The zero-order valence-corrected chi connectivity index (χ0v) is 26.7. The third-order valence-electron chi connectivity index (χ3n) is 9.81. The van der Waals surface area contributed by atoms with Crippen LogP contribution in [0.5, 0.6) is 0 Å². The van der Waals surface area contributed by atoms with E-state index >= 15 is 0 Å². The maximum atomic E-state index is 14.7. The highest BCUT2D eigenvalue weighted by atomic mass is 16.6. The van der Waals surface area contributed by atoms with Gasteiger partial charge in [0, 0.05) is 29.6 Å². The van der Waals surface area contributed by atoms with E-state index in [0.717, 1.165) is 28.1 Å². The van der Waals surface area contributed by atoms with Crippen molar-refractivity contribution in [3.8, 4) is 0 Å². The maximum absolute atomic E-state index is 14.7. The number of carbonyl (C=O) groups is 2. The van der Waals surface area contributed by atoms with Gasteiger partial charge in [0.05, 0.1) is 36.7 Å². The number of cyclic esters (lactones) is 1. The number of rotatable bonds is 9. The van der Waals surface area contributed by atoms with Gasteiger partial charge >= 0.3 is 6.09 Å². The number of hydrogen-bond acceptors (Lipinski definition) is 8. The molecule has 3 aliphatic heterocycles. The lowest BCUT2D eigenvalue weighted by molar-refractivity contribution is -0.146. The average molecular weight is 638 g/mol. The normalized spacial score (nSPS) is 24.7. The second-order valence-electron chi connectivity index (χ2n) is 13.2. The number of carbonyl (C=O) groups excluding carboxylic acids is 2. The van der Waals surface area contributed by atoms with Gasteiger partial charge in [0.15, 0.2) is 5.60 Å². The summed E-state index contributed by atoms with van der Waals surface area (Å²) in [4.78, 5) is 30.2. The summed E-state index contributed by atoms with van der Waals surface area (Å²) in [6, 6.07) is 24.6. The van der Waals surface area contributed by atoms with Gasteiger partial charge in [-0.15, -0.1) is 5.10 Å². The second-order valence-corrected chi connectivity index (χ2v) is 13.2. The number of aliphatic hydroxyl groups is 2. The number of benzene rings is 3. The molecule has 0 unspecified atom stereocenters. The van der Waals surface area contributed by atoms with E-state index in [1.54, 1.807) is 34.5 Å². The van der Waals surface area contributed by atoms with E-state index in [4.69, 9.17) is 9.47 Å². The average Bonchev–Trinajstić information content (AvgIpc) is 3.83. The minimum absolute atomic E-state index is 0.178. The molecule has 1 aromatic heterocycles. The van der Waals surface area contributed by atoms with E-state index in [0.29, 0.717) is 31.8 Å². The lowest BCUT2D eigenvalue weighted by Gasteiger charge is -2.34. The van der Waals surface area contributed by atoms with Crippen LogP contribution in [0.3, 0.4) is 0 Å². The summed E-state index contributed by atoms with van der Waals surface area (Å²) >= 11 is 0. The smallest absolute Gasteiger partial charge is 0.414 e. The largest absolute Gasteiger partial charge is 0.447 e. The van der Waals surface area contributed by atoms with Gasteiger partial charge in [0.2, 0.25) is 0 Å². The molecular formula is C36H39N5O6. The molecule has 1 spiro atoms. The van der Waals surface area contributed by atoms with Crippen LogP contribution < -0.4 is 9.80 Å². The molecule has 4 heterocycles. The number of aliphatic hydroxyl groups excluding tert-OH is 1. The molecule has 0 radical (unpaired) electrons. The van der Waals surface area contributed by atoms with Crippen LogP contribution in [0.25, 0.3) is 0 Å². The molecule has 5 atom stereocenters. The SMILES string of the molecule is C[C@@H]1[C@@H](C(C)(C)O)[C@H](CCn2cc([C@H](O)c3ccccc3)nn2)O[C@@]12C(=O)N(Cc1cccc(N3CCOC3=O)c1)c1ccccc12. The molecule has 3 aromatic carbocycles. The van der Waals surface area contributed by atoms with Crippen LogP contribution in [0.2, 0.25) is 0 Å². The van der Waals surface area contributed by atoms with E-state index in [1.165, 1.54) is 0 Å². The van der Waals surface area contributed by atoms with Gasteiger partial charge in [-0.2, -0.15) is 0 Å². The van der Waals surface area contributed by atoms with Crippen molar-refractivity contribution in [2.24, 2.45) is 11.8 Å². The fraction of sp³-hybridized carbons (Fsp3) is 0.389. The molecule has 0 aliphatic carbocycles. The molecule has 11 nitrogen and oxygen atoms in total. The number of nitrogens with zero attached hydrogens (tertiary/aromatic N) is 5. The Hall–Kier alpha value is -4.58. The molecule has 2 saturated heterocycles. The summed E-state index contributed by atoms with van der Waals surface area (Å²) < 4.78 is 13.7. The third kappa shape index (κ3) is 5.38. The molecule has 3 aliphatic rings. The molecule has 47 heavy (non-hydrogen) atoms. The fourth-order valence-corrected chi connectivity index (χ4v) is 7.71. The highest BCUT2D eigenvalue weighted by Gasteiger charge is 2.65. The first kappa shape index (κ1) is 31.0. The lowest BCUT2D eigenvalue weighted by Crippen LogP contribution is -2.46. The van der Waals surface area contributed by atoms with Gasteiger partial charge in [0.1, 0.15) is 18.4 Å². The molecule has 11 heteroatoms. The number of ether oxygens (including phenoxy) is 2. The van der Waals surface area contributed by atoms with Crippen LogP contribution in [0.1, 0.15) is 55.7 Å². The van der Waals surface area contributed by atoms with Crippen molar-refractivity contribution >= 4 is 23.4 Å². The first-order chi connectivity index (χ1) is 22.6. The Balaban J connectivity index is 1.15. The quantitative estimate of drug-likeness (QED) is 0.273. The molecule has 244 valence electrons. The number of amides is 2. The van der Waals surface area contributed by atoms with Crippen molar-refractivity contribution < 1.29 is 29.3 Å². The van der Waals surface area contributed by atoms with E-state index in [-0.39, 0.29) is 30.4 Å². The number of aromatic nitrogens is 3. The van der Waals surface area contributed by atoms with Crippen LogP contribution in [0.15, 0.2) is 85.1 Å². The Labute approximate surface area is 273 Å². The van der Waals surface area contributed by atoms with E-state index in [9.17, 15) is 19.8 Å². The van der Waals surface area contributed by atoms with Crippen molar-refractivity contribution in [2.45, 2.75) is 63.7 Å². The second kappa shape index (κ2) is 11.9. The van der Waals surface area contributed by atoms with Crippen LogP contribution in [-0.4, -0.2) is 62.1 Å². The Bertz CT molecular complexity index is 1790.